The lowest BCUT2D eigenvalue weighted by Crippen LogP contribution is -2.00. The Morgan fingerprint density at radius 2 is 1.64 bits per heavy atom. The molecule has 0 bridgehead atoms. The van der Waals surface area contributed by atoms with E-state index in [1.54, 1.807) is 12.1 Å². The Balaban J connectivity index is 0. The molecule has 0 amide bonds. The third kappa shape index (κ3) is 8.17. The second-order valence-electron chi connectivity index (χ2n) is 1.99. The van der Waals surface area contributed by atoms with Gasteiger partial charge in [-0.15, -0.1) is 0 Å². The summed E-state index contributed by atoms with van der Waals surface area (Å²) in [5.41, 5.74) is 0. The lowest BCUT2D eigenvalue weighted by molar-refractivity contribution is -0.191. The number of benzene rings is 1. The summed E-state index contributed by atoms with van der Waals surface area (Å²) in [6.07, 6.45) is 0.250. The number of rotatable bonds is 1. The number of para-hydroxylation sites is 1. The lowest BCUT2D eigenvalue weighted by atomic mass is 10.3. The molecule has 4 heteroatoms. The smallest absolute Gasteiger partial charge is 0.373 e. The van der Waals surface area contributed by atoms with Gasteiger partial charge in [-0.2, -0.15) is 9.59 Å². The standard InChI is InChI=1S/C8H8O2.CO2.CH4/c1-7(9)10-8-5-3-2-4-6-8;2-1-3;/h2-6H,1H3;;1H4. The highest BCUT2D eigenvalue weighted by Crippen LogP contribution is 2.07. The Morgan fingerprint density at radius 1 is 1.21 bits per heavy atom. The van der Waals surface area contributed by atoms with E-state index in [9.17, 15) is 4.79 Å². The zero-order valence-electron chi connectivity index (χ0n) is 7.02. The first-order valence-electron chi connectivity index (χ1n) is 3.43. The van der Waals surface area contributed by atoms with Gasteiger partial charge in [0.15, 0.2) is 0 Å². The fourth-order valence-electron chi connectivity index (χ4n) is 0.655. The predicted octanol–water partition coefficient (Wildman–Crippen LogP) is 1.66. The quantitative estimate of drug-likeness (QED) is 0.506. The van der Waals surface area contributed by atoms with Gasteiger partial charge in [-0.25, -0.2) is 0 Å². The largest absolute Gasteiger partial charge is 0.427 e. The van der Waals surface area contributed by atoms with Crippen LogP contribution in [0, 0.1) is 0 Å². The van der Waals surface area contributed by atoms with Gasteiger partial charge in [0.05, 0.1) is 0 Å². The Labute approximate surface area is 82.5 Å². The number of carbonyl (C=O) groups excluding carboxylic acids is 3. The molecule has 1 rings (SSSR count). The van der Waals surface area contributed by atoms with Crippen molar-refractivity contribution in [3.05, 3.63) is 30.3 Å². The second kappa shape index (κ2) is 9.16. The SMILES string of the molecule is C.CC(=O)Oc1ccccc1.O=C=O. The zero-order valence-corrected chi connectivity index (χ0v) is 7.02. The number of esters is 1. The first-order chi connectivity index (χ1) is 6.20. The van der Waals surface area contributed by atoms with Gasteiger partial charge >= 0.3 is 12.1 Å². The molecule has 76 valence electrons. The molecule has 0 radical (unpaired) electrons. The first-order valence-corrected chi connectivity index (χ1v) is 3.43. The number of carbonyl (C=O) groups is 1. The molecule has 0 N–H and O–H groups in total. The van der Waals surface area contributed by atoms with Crippen LogP contribution in [0.2, 0.25) is 0 Å². The third-order valence-electron chi connectivity index (χ3n) is 1.00. The Kier molecular flexibility index (Phi) is 9.54. The van der Waals surface area contributed by atoms with Crippen LogP contribution in [0.1, 0.15) is 14.4 Å². The fraction of sp³-hybridized carbons (Fsp3) is 0.200. The molecule has 0 saturated carbocycles. The molecule has 14 heavy (non-hydrogen) atoms. The molecule has 1 aromatic rings. The van der Waals surface area contributed by atoms with Crippen molar-refractivity contribution in [3.8, 4) is 5.75 Å². The average molecular weight is 196 g/mol. The molecule has 0 fully saturated rings. The van der Waals surface area contributed by atoms with Crippen molar-refractivity contribution in [2.24, 2.45) is 0 Å². The summed E-state index contributed by atoms with van der Waals surface area (Å²) in [6.45, 7) is 1.38. The molecule has 0 aliphatic heterocycles. The summed E-state index contributed by atoms with van der Waals surface area (Å²) in [5, 5.41) is 0. The number of hydrogen-bond donors (Lipinski definition) is 0. The Morgan fingerprint density at radius 3 is 2.00 bits per heavy atom. The predicted molar refractivity (Wildman–Crippen MR) is 49.5 cm³/mol. The van der Waals surface area contributed by atoms with Crippen molar-refractivity contribution in [2.45, 2.75) is 14.4 Å². The van der Waals surface area contributed by atoms with Gasteiger partial charge < -0.3 is 4.74 Å². The molecule has 4 nitrogen and oxygen atoms in total. The molecule has 0 saturated heterocycles. The van der Waals surface area contributed by atoms with E-state index in [-0.39, 0.29) is 19.5 Å². The minimum absolute atomic E-state index is 0. The van der Waals surface area contributed by atoms with Crippen LogP contribution < -0.4 is 4.74 Å². The van der Waals surface area contributed by atoms with E-state index < -0.39 is 0 Å². The van der Waals surface area contributed by atoms with Crippen molar-refractivity contribution < 1.29 is 19.1 Å². The van der Waals surface area contributed by atoms with Gasteiger partial charge in [0, 0.05) is 6.92 Å². The van der Waals surface area contributed by atoms with Crippen LogP contribution in [0.15, 0.2) is 30.3 Å². The van der Waals surface area contributed by atoms with Crippen LogP contribution in [0.5, 0.6) is 5.75 Å². The number of ether oxygens (including phenoxy) is 1. The van der Waals surface area contributed by atoms with Crippen molar-refractivity contribution in [2.75, 3.05) is 0 Å². The normalized spacial score (nSPS) is 6.93. The fourth-order valence-corrected chi connectivity index (χ4v) is 0.655. The van der Waals surface area contributed by atoms with Gasteiger partial charge in [-0.1, -0.05) is 25.6 Å². The van der Waals surface area contributed by atoms with E-state index in [1.807, 2.05) is 18.2 Å². The first kappa shape index (κ1) is 14.6. The van der Waals surface area contributed by atoms with Crippen LogP contribution >= 0.6 is 0 Å². The molecule has 1 aromatic carbocycles. The van der Waals surface area contributed by atoms with Gasteiger partial charge in [-0.05, 0) is 12.1 Å². The molecule has 0 aliphatic rings. The highest BCUT2D eigenvalue weighted by atomic mass is 16.5. The maximum absolute atomic E-state index is 10.4. The Bertz CT molecular complexity index is 286. The minimum Gasteiger partial charge on any atom is -0.427 e. The number of hydrogen-bond acceptors (Lipinski definition) is 4. The molecule has 0 atom stereocenters. The van der Waals surface area contributed by atoms with Gasteiger partial charge in [0.2, 0.25) is 0 Å². The summed E-state index contributed by atoms with van der Waals surface area (Å²) in [7, 11) is 0. The maximum atomic E-state index is 10.4. The molecule has 0 aromatic heterocycles. The highest BCUT2D eigenvalue weighted by molar-refractivity contribution is 5.69. The molecular formula is C10H12O4. The molecule has 0 aliphatic carbocycles. The molecule has 0 heterocycles. The van der Waals surface area contributed by atoms with Gasteiger partial charge in [0.1, 0.15) is 5.75 Å². The average Bonchev–Trinajstić information content (AvgIpc) is 2.06. The van der Waals surface area contributed by atoms with E-state index >= 15 is 0 Å². The van der Waals surface area contributed by atoms with E-state index in [4.69, 9.17) is 14.3 Å². The lowest BCUT2D eigenvalue weighted by Gasteiger charge is -1.97. The maximum Gasteiger partial charge on any atom is 0.373 e. The summed E-state index contributed by atoms with van der Waals surface area (Å²) in [6, 6.07) is 8.98. The van der Waals surface area contributed by atoms with Crippen LogP contribution in [-0.4, -0.2) is 12.1 Å². The zero-order chi connectivity index (χ0) is 10.1. The minimum atomic E-state index is -0.286. The van der Waals surface area contributed by atoms with E-state index in [1.165, 1.54) is 6.92 Å². The molecule has 0 spiro atoms. The van der Waals surface area contributed by atoms with Crippen molar-refractivity contribution in [1.29, 1.82) is 0 Å². The van der Waals surface area contributed by atoms with Gasteiger partial charge in [0.25, 0.3) is 0 Å². The van der Waals surface area contributed by atoms with Crippen LogP contribution in [-0.2, 0) is 14.4 Å². The van der Waals surface area contributed by atoms with Crippen LogP contribution in [0.25, 0.3) is 0 Å². The monoisotopic (exact) mass is 196 g/mol. The summed E-state index contributed by atoms with van der Waals surface area (Å²) in [4.78, 5) is 26.6. The topological polar surface area (TPSA) is 60.4 Å². The second-order valence-corrected chi connectivity index (χ2v) is 1.99. The van der Waals surface area contributed by atoms with Crippen molar-refractivity contribution >= 4 is 12.1 Å². The van der Waals surface area contributed by atoms with Crippen LogP contribution in [0.4, 0.5) is 0 Å². The summed E-state index contributed by atoms with van der Waals surface area (Å²) < 4.78 is 4.78. The molecule has 0 unspecified atom stereocenters. The van der Waals surface area contributed by atoms with E-state index in [0.717, 1.165) is 0 Å². The van der Waals surface area contributed by atoms with Gasteiger partial charge in [-0.3, -0.25) is 4.79 Å². The van der Waals surface area contributed by atoms with Crippen molar-refractivity contribution in [1.82, 2.24) is 0 Å². The third-order valence-corrected chi connectivity index (χ3v) is 1.00. The van der Waals surface area contributed by atoms with E-state index in [0.29, 0.717) is 5.75 Å². The Hall–Kier alpha value is -1.93. The molecular weight excluding hydrogens is 184 g/mol. The summed E-state index contributed by atoms with van der Waals surface area (Å²) >= 11 is 0. The summed E-state index contributed by atoms with van der Waals surface area (Å²) in [5.74, 6) is 0.307. The highest BCUT2D eigenvalue weighted by Gasteiger charge is 1.92. The van der Waals surface area contributed by atoms with E-state index in [2.05, 4.69) is 0 Å². The van der Waals surface area contributed by atoms with Crippen LogP contribution in [0.3, 0.4) is 0 Å². The van der Waals surface area contributed by atoms with Crippen molar-refractivity contribution in [3.63, 3.8) is 0 Å².